The highest BCUT2D eigenvalue weighted by Crippen LogP contribution is 2.25. The van der Waals surface area contributed by atoms with Gasteiger partial charge >= 0.3 is 0 Å². The lowest BCUT2D eigenvalue weighted by molar-refractivity contribution is -0.00830. The molecule has 0 spiro atoms. The molecule has 2 heterocycles. The molecule has 1 N–H and O–H groups in total. The largest absolute Gasteiger partial charge is 0.370 e. The van der Waals surface area contributed by atoms with Crippen molar-refractivity contribution in [2.75, 3.05) is 33.3 Å². The zero-order valence-electron chi connectivity index (χ0n) is 17.6. The molecule has 1 aromatic heterocycles. The van der Waals surface area contributed by atoms with Crippen LogP contribution in [0.1, 0.15) is 23.7 Å². The van der Waals surface area contributed by atoms with Gasteiger partial charge in [0.15, 0.2) is 5.96 Å². The molecule has 1 atom stereocenters. The van der Waals surface area contributed by atoms with Crippen LogP contribution in [0.15, 0.2) is 59.9 Å². The minimum Gasteiger partial charge on any atom is -0.370 e. The van der Waals surface area contributed by atoms with E-state index in [1.165, 1.54) is 16.6 Å². The van der Waals surface area contributed by atoms with Gasteiger partial charge in [-0.2, -0.15) is 0 Å². The van der Waals surface area contributed by atoms with Crippen molar-refractivity contribution < 1.29 is 4.74 Å². The normalized spacial score (nSPS) is 17.1. The van der Waals surface area contributed by atoms with Crippen LogP contribution in [0.3, 0.4) is 0 Å². The molecule has 1 fully saturated rings. The van der Waals surface area contributed by atoms with Crippen LogP contribution < -0.4 is 5.32 Å². The topological polar surface area (TPSA) is 54.7 Å². The molecule has 1 saturated heterocycles. The predicted molar refractivity (Wildman–Crippen MR) is 133 cm³/mol. The van der Waals surface area contributed by atoms with Crippen molar-refractivity contribution in [3.8, 4) is 0 Å². The zero-order chi connectivity index (χ0) is 20.1. The zero-order valence-corrected chi connectivity index (χ0v) is 20.0. The van der Waals surface area contributed by atoms with Crippen molar-refractivity contribution in [2.24, 2.45) is 4.99 Å². The Hall–Kier alpha value is -2.13. The van der Waals surface area contributed by atoms with Gasteiger partial charge in [-0.25, -0.2) is 4.98 Å². The quantitative estimate of drug-likeness (QED) is 0.240. The Balaban J connectivity index is 0.00000256. The highest BCUT2D eigenvalue weighted by molar-refractivity contribution is 14.0. The molecular weight excluding hydrogens is 489 g/mol. The first-order chi connectivity index (χ1) is 14.3. The second kappa shape index (κ2) is 10.8. The molecule has 1 aliphatic heterocycles. The second-order valence-corrected chi connectivity index (χ2v) is 7.42. The SMILES string of the molecule is CN=C(NCCCn1cnc2ccccc21)N1CCOC(c2ccccc2C)C1.I. The van der Waals surface area contributed by atoms with Crippen LogP contribution in [0.5, 0.6) is 0 Å². The summed E-state index contributed by atoms with van der Waals surface area (Å²) in [5, 5.41) is 3.52. The third-order valence-electron chi connectivity index (χ3n) is 5.50. The second-order valence-electron chi connectivity index (χ2n) is 7.42. The van der Waals surface area contributed by atoms with Gasteiger partial charge in [0.25, 0.3) is 0 Å². The molecule has 0 bridgehead atoms. The highest BCUT2D eigenvalue weighted by Gasteiger charge is 2.24. The van der Waals surface area contributed by atoms with Crippen molar-refractivity contribution in [3.05, 3.63) is 66.0 Å². The van der Waals surface area contributed by atoms with E-state index in [-0.39, 0.29) is 30.1 Å². The van der Waals surface area contributed by atoms with Gasteiger partial charge in [0.1, 0.15) is 6.10 Å². The molecule has 3 aromatic rings. The maximum atomic E-state index is 6.05. The van der Waals surface area contributed by atoms with Gasteiger partial charge in [0.05, 0.1) is 30.5 Å². The van der Waals surface area contributed by atoms with E-state index in [9.17, 15) is 0 Å². The van der Waals surface area contributed by atoms with Crippen LogP contribution in [-0.4, -0.2) is 53.7 Å². The molecule has 0 aliphatic carbocycles. The lowest BCUT2D eigenvalue weighted by Crippen LogP contribution is -2.48. The Morgan fingerprint density at radius 2 is 2.00 bits per heavy atom. The average Bonchev–Trinajstić information content (AvgIpc) is 3.17. The Morgan fingerprint density at radius 3 is 2.83 bits per heavy atom. The number of ether oxygens (including phenoxy) is 1. The summed E-state index contributed by atoms with van der Waals surface area (Å²) in [5.74, 6) is 0.947. The Labute approximate surface area is 195 Å². The van der Waals surface area contributed by atoms with Crippen LogP contribution >= 0.6 is 24.0 Å². The Kier molecular flexibility index (Phi) is 8.09. The fourth-order valence-corrected chi connectivity index (χ4v) is 3.95. The van der Waals surface area contributed by atoms with E-state index in [2.05, 4.69) is 74.1 Å². The van der Waals surface area contributed by atoms with Gasteiger partial charge in [0, 0.05) is 26.7 Å². The predicted octanol–water partition coefficient (Wildman–Crippen LogP) is 4.00. The van der Waals surface area contributed by atoms with Crippen LogP contribution in [0.25, 0.3) is 11.0 Å². The first kappa shape index (κ1) is 22.6. The first-order valence-electron chi connectivity index (χ1n) is 10.3. The van der Waals surface area contributed by atoms with Gasteiger partial charge < -0.3 is 19.5 Å². The van der Waals surface area contributed by atoms with Gasteiger partial charge in [-0.1, -0.05) is 36.4 Å². The summed E-state index contributed by atoms with van der Waals surface area (Å²) in [6.45, 7) is 6.32. The number of aliphatic imine (C=N–C) groups is 1. The average molecular weight is 519 g/mol. The fraction of sp³-hybridized carbons (Fsp3) is 0.391. The number of aryl methyl sites for hydroxylation is 2. The maximum absolute atomic E-state index is 6.05. The third kappa shape index (κ3) is 5.13. The molecular formula is C23H30IN5O. The summed E-state index contributed by atoms with van der Waals surface area (Å²) in [4.78, 5) is 11.3. The van der Waals surface area contributed by atoms with E-state index >= 15 is 0 Å². The molecule has 0 amide bonds. The van der Waals surface area contributed by atoms with Gasteiger partial charge in [-0.3, -0.25) is 4.99 Å². The van der Waals surface area contributed by atoms with Crippen molar-refractivity contribution in [1.82, 2.24) is 19.8 Å². The van der Waals surface area contributed by atoms with Crippen LogP contribution in [0.2, 0.25) is 0 Å². The number of hydrogen-bond acceptors (Lipinski definition) is 3. The third-order valence-corrected chi connectivity index (χ3v) is 5.50. The van der Waals surface area contributed by atoms with E-state index in [0.717, 1.165) is 44.1 Å². The first-order valence-corrected chi connectivity index (χ1v) is 10.3. The molecule has 0 radical (unpaired) electrons. The van der Waals surface area contributed by atoms with Crippen LogP contribution in [-0.2, 0) is 11.3 Å². The fourth-order valence-electron chi connectivity index (χ4n) is 3.95. The number of nitrogens with zero attached hydrogens (tertiary/aromatic N) is 4. The van der Waals surface area contributed by atoms with Gasteiger partial charge in [0.2, 0.25) is 0 Å². The van der Waals surface area contributed by atoms with E-state index in [1.807, 2.05) is 19.4 Å². The monoisotopic (exact) mass is 519 g/mol. The van der Waals surface area contributed by atoms with Gasteiger partial charge in [-0.05, 0) is 36.6 Å². The summed E-state index contributed by atoms with van der Waals surface area (Å²) in [6, 6.07) is 16.7. The molecule has 6 nitrogen and oxygen atoms in total. The van der Waals surface area contributed by atoms with Crippen molar-refractivity contribution in [1.29, 1.82) is 0 Å². The van der Waals surface area contributed by atoms with E-state index in [1.54, 1.807) is 0 Å². The lowest BCUT2D eigenvalue weighted by Gasteiger charge is -2.35. The van der Waals surface area contributed by atoms with Crippen molar-refractivity contribution in [2.45, 2.75) is 26.0 Å². The minimum absolute atomic E-state index is 0. The number of rotatable bonds is 5. The Morgan fingerprint density at radius 1 is 1.20 bits per heavy atom. The summed E-state index contributed by atoms with van der Waals surface area (Å²) in [7, 11) is 1.85. The van der Waals surface area contributed by atoms with Crippen LogP contribution in [0, 0.1) is 6.92 Å². The summed E-state index contributed by atoms with van der Waals surface area (Å²) < 4.78 is 8.26. The van der Waals surface area contributed by atoms with Gasteiger partial charge in [-0.15, -0.1) is 24.0 Å². The van der Waals surface area contributed by atoms with E-state index in [4.69, 9.17) is 4.74 Å². The molecule has 2 aromatic carbocycles. The number of hydrogen-bond donors (Lipinski definition) is 1. The molecule has 160 valence electrons. The smallest absolute Gasteiger partial charge is 0.193 e. The number of nitrogens with one attached hydrogen (secondary N) is 1. The number of fused-ring (bicyclic) bond motifs is 1. The van der Waals surface area contributed by atoms with Crippen molar-refractivity contribution >= 4 is 41.0 Å². The summed E-state index contributed by atoms with van der Waals surface area (Å²) in [5.41, 5.74) is 4.77. The minimum atomic E-state index is 0. The highest BCUT2D eigenvalue weighted by atomic mass is 127. The number of para-hydroxylation sites is 2. The van der Waals surface area contributed by atoms with E-state index in [0.29, 0.717) is 6.61 Å². The summed E-state index contributed by atoms with van der Waals surface area (Å²) >= 11 is 0. The molecule has 7 heteroatoms. The molecule has 0 saturated carbocycles. The van der Waals surface area contributed by atoms with E-state index < -0.39 is 0 Å². The van der Waals surface area contributed by atoms with Crippen molar-refractivity contribution in [3.63, 3.8) is 0 Å². The number of halogens is 1. The molecule has 30 heavy (non-hydrogen) atoms. The molecule has 4 rings (SSSR count). The Bertz CT molecular complexity index is 986. The number of morpholine rings is 1. The standard InChI is InChI=1S/C23H29N5O.HI/c1-18-8-3-4-9-19(18)22-16-27(14-15-29-22)23(24-2)25-12-7-13-28-17-26-20-10-5-6-11-21(20)28;/h3-6,8-11,17,22H,7,12-16H2,1-2H3,(H,24,25);1H. The van der Waals surface area contributed by atoms with Crippen LogP contribution in [0.4, 0.5) is 0 Å². The lowest BCUT2D eigenvalue weighted by atomic mass is 10.0. The maximum Gasteiger partial charge on any atom is 0.193 e. The summed E-state index contributed by atoms with van der Waals surface area (Å²) in [6.07, 6.45) is 3.01. The number of aromatic nitrogens is 2. The molecule has 1 unspecified atom stereocenters. The number of guanidine groups is 1. The number of imidazole rings is 1. The molecule has 1 aliphatic rings. The number of benzene rings is 2.